The SMILES string of the molecule is Cc1ccc(N(CC(=O)N(Cc2ccccc2C)C(Cc2ccccc2)C(=O)NC2CCCC2)S(C)(=O)=O)c(C)c1. The molecule has 0 spiro atoms. The van der Waals surface area contributed by atoms with Gasteiger partial charge in [0.05, 0.1) is 11.9 Å². The lowest BCUT2D eigenvalue weighted by atomic mass is 10.0. The first kappa shape index (κ1) is 30.3. The molecule has 0 bridgehead atoms. The number of hydrogen-bond acceptors (Lipinski definition) is 4. The normalized spacial score (nSPS) is 14.4. The lowest BCUT2D eigenvalue weighted by Gasteiger charge is -2.34. The molecular formula is C33H41N3O4S. The van der Waals surface area contributed by atoms with Gasteiger partial charge in [0.15, 0.2) is 0 Å². The minimum atomic E-state index is -3.80. The van der Waals surface area contributed by atoms with E-state index in [-0.39, 0.29) is 18.5 Å². The van der Waals surface area contributed by atoms with Crippen molar-refractivity contribution in [3.8, 4) is 0 Å². The van der Waals surface area contributed by atoms with E-state index in [1.807, 2.05) is 87.5 Å². The van der Waals surface area contributed by atoms with E-state index in [4.69, 9.17) is 0 Å². The minimum Gasteiger partial charge on any atom is -0.352 e. The van der Waals surface area contributed by atoms with Crippen molar-refractivity contribution in [3.63, 3.8) is 0 Å². The fraction of sp³-hybridized carbons (Fsp3) is 0.394. The Labute approximate surface area is 244 Å². The van der Waals surface area contributed by atoms with E-state index in [9.17, 15) is 18.0 Å². The molecule has 1 aliphatic rings. The van der Waals surface area contributed by atoms with Gasteiger partial charge in [0.2, 0.25) is 21.8 Å². The van der Waals surface area contributed by atoms with E-state index in [0.29, 0.717) is 12.1 Å². The molecule has 8 heteroatoms. The van der Waals surface area contributed by atoms with Gasteiger partial charge in [-0.2, -0.15) is 0 Å². The van der Waals surface area contributed by atoms with Gasteiger partial charge in [-0.3, -0.25) is 13.9 Å². The van der Waals surface area contributed by atoms with Gasteiger partial charge in [-0.15, -0.1) is 0 Å². The molecule has 0 radical (unpaired) electrons. The van der Waals surface area contributed by atoms with Gasteiger partial charge in [0.1, 0.15) is 12.6 Å². The summed E-state index contributed by atoms with van der Waals surface area (Å²) in [7, 11) is -3.80. The quantitative estimate of drug-likeness (QED) is 0.346. The third-order valence-electron chi connectivity index (χ3n) is 7.87. The number of carbonyl (C=O) groups excluding carboxylic acids is 2. The van der Waals surface area contributed by atoms with E-state index in [1.165, 1.54) is 0 Å². The standard InChI is InChI=1S/C33H41N3O4S/c1-24-18-19-30(26(3)20-24)36(41(4,39)40)23-32(37)35(22-28-15-9-8-12-25(28)2)31(21-27-13-6-5-7-14-27)33(38)34-29-16-10-11-17-29/h5-9,12-15,18-20,29,31H,10-11,16-17,21-23H2,1-4H3,(H,34,38). The van der Waals surface area contributed by atoms with Crippen molar-refractivity contribution >= 4 is 27.5 Å². The average molecular weight is 576 g/mol. The Morgan fingerprint density at radius 3 is 2.20 bits per heavy atom. The summed E-state index contributed by atoms with van der Waals surface area (Å²) >= 11 is 0. The molecule has 1 saturated carbocycles. The van der Waals surface area contributed by atoms with E-state index >= 15 is 0 Å². The molecule has 3 aromatic carbocycles. The van der Waals surface area contributed by atoms with Crippen LogP contribution in [0.15, 0.2) is 72.8 Å². The Morgan fingerprint density at radius 1 is 0.902 bits per heavy atom. The van der Waals surface area contributed by atoms with Crippen LogP contribution in [0.5, 0.6) is 0 Å². The van der Waals surface area contributed by atoms with Crippen molar-refractivity contribution in [1.29, 1.82) is 0 Å². The van der Waals surface area contributed by atoms with Crippen molar-refractivity contribution in [2.45, 2.75) is 71.5 Å². The molecule has 41 heavy (non-hydrogen) atoms. The zero-order valence-electron chi connectivity index (χ0n) is 24.5. The molecule has 2 amide bonds. The van der Waals surface area contributed by atoms with Gasteiger partial charge in [0, 0.05) is 19.0 Å². The highest BCUT2D eigenvalue weighted by Gasteiger charge is 2.34. The number of hydrogen-bond donors (Lipinski definition) is 1. The van der Waals surface area contributed by atoms with Gasteiger partial charge in [0.25, 0.3) is 0 Å². The molecule has 0 aromatic heterocycles. The maximum absolute atomic E-state index is 14.3. The second-order valence-corrected chi connectivity index (χ2v) is 13.1. The smallest absolute Gasteiger partial charge is 0.244 e. The highest BCUT2D eigenvalue weighted by molar-refractivity contribution is 7.92. The van der Waals surface area contributed by atoms with Crippen molar-refractivity contribution in [1.82, 2.24) is 10.2 Å². The van der Waals surface area contributed by atoms with Crippen molar-refractivity contribution in [2.75, 3.05) is 17.1 Å². The van der Waals surface area contributed by atoms with Crippen LogP contribution >= 0.6 is 0 Å². The first-order chi connectivity index (χ1) is 19.5. The summed E-state index contributed by atoms with van der Waals surface area (Å²) in [6, 6.07) is 22.2. The van der Waals surface area contributed by atoms with Gasteiger partial charge < -0.3 is 10.2 Å². The Morgan fingerprint density at radius 2 is 1.56 bits per heavy atom. The van der Waals surface area contributed by atoms with Crippen LogP contribution in [0.1, 0.15) is 53.5 Å². The molecule has 7 nitrogen and oxygen atoms in total. The average Bonchev–Trinajstić information content (AvgIpc) is 3.43. The third kappa shape index (κ3) is 7.97. The molecule has 1 aliphatic carbocycles. The van der Waals surface area contributed by atoms with Crippen LogP contribution in [0.25, 0.3) is 0 Å². The Balaban J connectivity index is 1.75. The topological polar surface area (TPSA) is 86.8 Å². The molecule has 1 unspecified atom stereocenters. The number of carbonyl (C=O) groups is 2. The molecule has 218 valence electrons. The first-order valence-corrected chi connectivity index (χ1v) is 16.1. The monoisotopic (exact) mass is 575 g/mol. The molecule has 3 aromatic rings. The molecule has 1 N–H and O–H groups in total. The number of rotatable bonds is 11. The second kappa shape index (κ2) is 13.3. The van der Waals surface area contributed by atoms with Crippen LogP contribution in [-0.4, -0.2) is 50.0 Å². The molecule has 4 rings (SSSR count). The lowest BCUT2D eigenvalue weighted by molar-refractivity contribution is -0.140. The Hall–Kier alpha value is -3.65. The molecule has 0 aliphatic heterocycles. The van der Waals surface area contributed by atoms with Crippen molar-refractivity contribution in [2.24, 2.45) is 0 Å². The maximum Gasteiger partial charge on any atom is 0.244 e. The van der Waals surface area contributed by atoms with Crippen LogP contribution in [0.3, 0.4) is 0 Å². The van der Waals surface area contributed by atoms with Gasteiger partial charge >= 0.3 is 0 Å². The van der Waals surface area contributed by atoms with Crippen LogP contribution < -0.4 is 9.62 Å². The Kier molecular flexibility index (Phi) is 9.86. The lowest BCUT2D eigenvalue weighted by Crippen LogP contribution is -2.54. The molecule has 0 saturated heterocycles. The maximum atomic E-state index is 14.3. The number of nitrogens with zero attached hydrogens (tertiary/aromatic N) is 2. The van der Waals surface area contributed by atoms with Gasteiger partial charge in [-0.1, -0.05) is 85.1 Å². The summed E-state index contributed by atoms with van der Waals surface area (Å²) in [5, 5.41) is 3.20. The first-order valence-electron chi connectivity index (χ1n) is 14.3. The molecule has 1 atom stereocenters. The fourth-order valence-electron chi connectivity index (χ4n) is 5.57. The number of anilines is 1. The van der Waals surface area contributed by atoms with Crippen molar-refractivity contribution < 1.29 is 18.0 Å². The Bertz CT molecular complexity index is 1470. The number of sulfonamides is 1. The van der Waals surface area contributed by atoms with E-state index in [1.54, 1.807) is 11.0 Å². The van der Waals surface area contributed by atoms with E-state index in [0.717, 1.165) is 64.1 Å². The van der Waals surface area contributed by atoms with Crippen LogP contribution in [-0.2, 0) is 32.6 Å². The predicted molar refractivity (Wildman–Crippen MR) is 164 cm³/mol. The number of aryl methyl sites for hydroxylation is 3. The summed E-state index contributed by atoms with van der Waals surface area (Å²) in [5.41, 5.74) is 5.04. The third-order valence-corrected chi connectivity index (χ3v) is 9.00. The number of nitrogens with one attached hydrogen (secondary N) is 1. The highest BCUT2D eigenvalue weighted by Crippen LogP contribution is 2.25. The zero-order valence-corrected chi connectivity index (χ0v) is 25.3. The zero-order chi connectivity index (χ0) is 29.6. The summed E-state index contributed by atoms with van der Waals surface area (Å²) in [5.74, 6) is -0.638. The van der Waals surface area contributed by atoms with Crippen molar-refractivity contribution in [3.05, 3.63) is 101 Å². The van der Waals surface area contributed by atoms with Gasteiger partial charge in [-0.25, -0.2) is 8.42 Å². The number of benzene rings is 3. The predicted octanol–water partition coefficient (Wildman–Crippen LogP) is 5.08. The second-order valence-electron chi connectivity index (χ2n) is 11.2. The summed E-state index contributed by atoms with van der Waals surface area (Å²) in [4.78, 5) is 29.8. The number of amides is 2. The summed E-state index contributed by atoms with van der Waals surface area (Å²) in [6.45, 7) is 5.53. The van der Waals surface area contributed by atoms with Gasteiger partial charge in [-0.05, 0) is 61.9 Å². The van der Waals surface area contributed by atoms with Crippen LogP contribution in [0.2, 0.25) is 0 Å². The molecular weight excluding hydrogens is 534 g/mol. The molecule has 0 heterocycles. The van der Waals surface area contributed by atoms with E-state index < -0.39 is 28.5 Å². The largest absolute Gasteiger partial charge is 0.352 e. The molecule has 1 fully saturated rings. The van der Waals surface area contributed by atoms with Crippen LogP contribution in [0.4, 0.5) is 5.69 Å². The van der Waals surface area contributed by atoms with E-state index in [2.05, 4.69) is 5.32 Å². The fourth-order valence-corrected chi connectivity index (χ4v) is 6.48. The summed E-state index contributed by atoms with van der Waals surface area (Å²) in [6.07, 6.45) is 5.41. The highest BCUT2D eigenvalue weighted by atomic mass is 32.2. The summed E-state index contributed by atoms with van der Waals surface area (Å²) < 4.78 is 27.2. The van der Waals surface area contributed by atoms with Crippen LogP contribution in [0, 0.1) is 20.8 Å². The minimum absolute atomic E-state index is 0.0823.